The summed E-state index contributed by atoms with van der Waals surface area (Å²) in [6.45, 7) is 4.15. The summed E-state index contributed by atoms with van der Waals surface area (Å²) >= 11 is 7.35. The molecule has 0 saturated heterocycles. The number of H-pyrrole nitrogens is 2. The highest BCUT2D eigenvalue weighted by molar-refractivity contribution is 7.18. The van der Waals surface area contributed by atoms with Gasteiger partial charge in [-0.2, -0.15) is 5.10 Å². The van der Waals surface area contributed by atoms with E-state index in [0.717, 1.165) is 10.4 Å². The molecule has 3 rings (SSSR count). The van der Waals surface area contributed by atoms with E-state index in [9.17, 15) is 9.59 Å². The second kappa shape index (κ2) is 6.25. The Morgan fingerprint density at radius 3 is 2.83 bits per heavy atom. The molecule has 10 heteroatoms. The number of halogens is 1. The van der Waals surface area contributed by atoms with Crippen LogP contribution < -0.4 is 16.6 Å². The predicted octanol–water partition coefficient (Wildman–Crippen LogP) is 1.53. The fourth-order valence-corrected chi connectivity index (χ4v) is 3.51. The van der Waals surface area contributed by atoms with Crippen LogP contribution in [0.4, 0.5) is 5.82 Å². The molecule has 3 aromatic heterocycles. The number of amides is 1. The first-order valence-electron chi connectivity index (χ1n) is 7.15. The fourth-order valence-electron chi connectivity index (χ4n) is 2.29. The van der Waals surface area contributed by atoms with Crippen molar-refractivity contribution in [3.8, 4) is 0 Å². The minimum Gasteiger partial charge on any atom is -0.381 e. The maximum atomic E-state index is 12.2. The van der Waals surface area contributed by atoms with E-state index in [1.165, 1.54) is 11.3 Å². The van der Waals surface area contributed by atoms with Crippen molar-refractivity contribution in [1.82, 2.24) is 25.5 Å². The molecule has 24 heavy (non-hydrogen) atoms. The smallest absolute Gasteiger partial charge is 0.270 e. The third kappa shape index (κ3) is 2.87. The minimum absolute atomic E-state index is 0.0710. The molecule has 0 aliphatic heterocycles. The Kier molecular flexibility index (Phi) is 4.29. The fraction of sp³-hybridized carbons (Fsp3) is 0.286. The van der Waals surface area contributed by atoms with Gasteiger partial charge in [-0.25, -0.2) is 4.98 Å². The quantitative estimate of drug-likeness (QED) is 0.556. The molecule has 0 bridgehead atoms. The van der Waals surface area contributed by atoms with Gasteiger partial charge in [0.15, 0.2) is 5.82 Å². The molecular formula is C14H15ClN6O2S. The third-order valence-electron chi connectivity index (χ3n) is 3.70. The zero-order valence-corrected chi connectivity index (χ0v) is 14.6. The summed E-state index contributed by atoms with van der Waals surface area (Å²) in [7, 11) is 0. The Labute approximate surface area is 145 Å². The predicted molar refractivity (Wildman–Crippen MR) is 93.8 cm³/mol. The average molecular weight is 367 g/mol. The van der Waals surface area contributed by atoms with Crippen LogP contribution in [0.5, 0.6) is 0 Å². The lowest BCUT2D eigenvalue weighted by Gasteiger charge is -2.04. The third-order valence-corrected chi connectivity index (χ3v) is 5.18. The molecule has 0 aliphatic rings. The molecule has 3 aromatic rings. The first kappa shape index (κ1) is 16.5. The van der Waals surface area contributed by atoms with Crippen LogP contribution in [0.15, 0.2) is 4.79 Å². The number of hydrogen-bond donors (Lipinski definition) is 4. The van der Waals surface area contributed by atoms with Gasteiger partial charge < -0.3 is 16.0 Å². The van der Waals surface area contributed by atoms with Crippen molar-refractivity contribution in [2.75, 3.05) is 12.3 Å². The summed E-state index contributed by atoms with van der Waals surface area (Å²) in [4.78, 5) is 33.2. The molecule has 0 spiro atoms. The zero-order chi connectivity index (χ0) is 17.4. The van der Waals surface area contributed by atoms with Gasteiger partial charge in [0, 0.05) is 17.8 Å². The normalized spacial score (nSPS) is 11.1. The molecule has 0 radical (unpaired) electrons. The van der Waals surface area contributed by atoms with Gasteiger partial charge in [-0.15, -0.1) is 11.3 Å². The lowest BCUT2D eigenvalue weighted by molar-refractivity contribution is 0.0949. The van der Waals surface area contributed by atoms with Crippen LogP contribution in [0.2, 0.25) is 5.02 Å². The summed E-state index contributed by atoms with van der Waals surface area (Å²) in [6.07, 6.45) is 0.383. The van der Waals surface area contributed by atoms with Crippen molar-refractivity contribution >= 4 is 44.9 Å². The number of rotatable bonds is 4. The monoisotopic (exact) mass is 366 g/mol. The van der Waals surface area contributed by atoms with Gasteiger partial charge in [0.25, 0.3) is 11.5 Å². The molecule has 8 nitrogen and oxygen atoms in total. The Morgan fingerprint density at radius 2 is 2.17 bits per heavy atom. The topological polar surface area (TPSA) is 130 Å². The number of nitrogen functional groups attached to an aromatic ring is 1. The Bertz CT molecular complexity index is 989. The number of aromatic nitrogens is 4. The zero-order valence-electron chi connectivity index (χ0n) is 13.0. The second-order valence-corrected chi connectivity index (χ2v) is 6.86. The summed E-state index contributed by atoms with van der Waals surface area (Å²) in [5.41, 5.74) is 6.38. The van der Waals surface area contributed by atoms with Gasteiger partial charge in [-0.1, -0.05) is 11.6 Å². The average Bonchev–Trinajstić information content (AvgIpc) is 3.00. The van der Waals surface area contributed by atoms with Crippen LogP contribution in [0.25, 0.3) is 10.2 Å². The van der Waals surface area contributed by atoms with Gasteiger partial charge in [0.2, 0.25) is 0 Å². The molecule has 0 unspecified atom stereocenters. The molecule has 0 saturated carbocycles. The van der Waals surface area contributed by atoms with Crippen molar-refractivity contribution in [1.29, 1.82) is 0 Å². The number of aromatic amines is 2. The molecule has 5 N–H and O–H groups in total. The number of thiophene rings is 1. The van der Waals surface area contributed by atoms with E-state index in [4.69, 9.17) is 17.3 Å². The van der Waals surface area contributed by atoms with Gasteiger partial charge in [-0.05, 0) is 19.4 Å². The summed E-state index contributed by atoms with van der Waals surface area (Å²) in [5.74, 6) is 0.168. The van der Waals surface area contributed by atoms with Crippen LogP contribution >= 0.6 is 22.9 Å². The number of nitrogens with zero attached hydrogens (tertiary/aromatic N) is 2. The van der Waals surface area contributed by atoms with Crippen LogP contribution in [-0.2, 0) is 6.42 Å². The van der Waals surface area contributed by atoms with Crippen LogP contribution in [0.1, 0.15) is 26.8 Å². The number of nitrogens with two attached hydrogens (primary N) is 1. The number of aryl methyl sites for hydroxylation is 2. The second-order valence-electron chi connectivity index (χ2n) is 5.28. The number of nitrogens with one attached hydrogen (secondary N) is 3. The van der Waals surface area contributed by atoms with Crippen LogP contribution in [-0.4, -0.2) is 32.6 Å². The van der Waals surface area contributed by atoms with Crippen LogP contribution in [0, 0.1) is 13.8 Å². The van der Waals surface area contributed by atoms with E-state index in [2.05, 4.69) is 25.5 Å². The highest BCUT2D eigenvalue weighted by Crippen LogP contribution is 2.25. The number of fused-ring (bicyclic) bond motifs is 1. The van der Waals surface area contributed by atoms with E-state index in [1.807, 2.05) is 13.8 Å². The standard InChI is InChI=1S/C14H15ClN6O2S/c1-5-6(2)24-14-8(5)12(22)18-7(19-14)3-4-17-13(23)10-9(15)11(16)21-20-10/h3-4H2,1-2H3,(H,17,23)(H3,16,20,21)(H,18,19,22). The van der Waals surface area contributed by atoms with E-state index < -0.39 is 5.91 Å². The molecule has 0 fully saturated rings. The lowest BCUT2D eigenvalue weighted by atomic mass is 10.2. The molecular weight excluding hydrogens is 352 g/mol. The number of carbonyl (C=O) groups is 1. The number of carbonyl (C=O) groups excluding carboxylic acids is 1. The van der Waals surface area contributed by atoms with E-state index in [0.29, 0.717) is 22.5 Å². The van der Waals surface area contributed by atoms with E-state index >= 15 is 0 Å². The minimum atomic E-state index is -0.421. The number of hydrogen-bond acceptors (Lipinski definition) is 6. The largest absolute Gasteiger partial charge is 0.381 e. The van der Waals surface area contributed by atoms with Crippen molar-refractivity contribution in [3.05, 3.63) is 37.3 Å². The maximum Gasteiger partial charge on any atom is 0.270 e. The molecule has 0 aromatic carbocycles. The first-order valence-corrected chi connectivity index (χ1v) is 8.34. The van der Waals surface area contributed by atoms with Gasteiger partial charge in [0.1, 0.15) is 21.4 Å². The van der Waals surface area contributed by atoms with Crippen LogP contribution in [0.3, 0.4) is 0 Å². The summed E-state index contributed by atoms with van der Waals surface area (Å²) < 4.78 is 0. The van der Waals surface area contributed by atoms with Gasteiger partial charge >= 0.3 is 0 Å². The Balaban J connectivity index is 1.71. The molecule has 1 amide bonds. The lowest BCUT2D eigenvalue weighted by Crippen LogP contribution is -2.27. The molecule has 0 atom stereocenters. The summed E-state index contributed by atoms with van der Waals surface area (Å²) in [5, 5.41) is 9.53. The molecule has 3 heterocycles. The highest BCUT2D eigenvalue weighted by atomic mass is 35.5. The molecule has 126 valence electrons. The van der Waals surface area contributed by atoms with Crippen molar-refractivity contribution in [2.24, 2.45) is 0 Å². The molecule has 0 aliphatic carbocycles. The van der Waals surface area contributed by atoms with Gasteiger partial charge in [-0.3, -0.25) is 14.7 Å². The van der Waals surface area contributed by atoms with Gasteiger partial charge in [0.05, 0.1) is 5.39 Å². The van der Waals surface area contributed by atoms with Crippen molar-refractivity contribution < 1.29 is 4.79 Å². The van der Waals surface area contributed by atoms with Crippen molar-refractivity contribution in [2.45, 2.75) is 20.3 Å². The maximum absolute atomic E-state index is 12.2. The summed E-state index contributed by atoms with van der Waals surface area (Å²) in [6, 6.07) is 0. The Morgan fingerprint density at radius 1 is 1.42 bits per heavy atom. The highest BCUT2D eigenvalue weighted by Gasteiger charge is 2.16. The van der Waals surface area contributed by atoms with E-state index in [-0.39, 0.29) is 28.6 Å². The van der Waals surface area contributed by atoms with E-state index in [1.54, 1.807) is 0 Å². The Hall–Kier alpha value is -2.39. The SMILES string of the molecule is Cc1sc2nc(CCNC(=O)c3[nH]nc(N)c3Cl)[nH]c(=O)c2c1C. The first-order chi connectivity index (χ1) is 11.4. The number of anilines is 1. The van der Waals surface area contributed by atoms with Crippen molar-refractivity contribution in [3.63, 3.8) is 0 Å².